The van der Waals surface area contributed by atoms with Gasteiger partial charge in [-0.05, 0) is 59.7 Å². The third-order valence-corrected chi connectivity index (χ3v) is 5.24. The number of urea groups is 1. The number of carbonyl (C=O) groups is 3. The first kappa shape index (κ1) is 21.0. The molecule has 4 amide bonds. The average molecular weight is 435 g/mol. The van der Waals surface area contributed by atoms with Gasteiger partial charge in [0.05, 0.1) is 18.5 Å². The summed E-state index contributed by atoms with van der Waals surface area (Å²) in [6.07, 6.45) is 1.42. The van der Waals surface area contributed by atoms with Gasteiger partial charge < -0.3 is 15.4 Å². The number of tetrazole rings is 1. The van der Waals surface area contributed by atoms with Crippen molar-refractivity contribution in [1.29, 1.82) is 0 Å². The lowest BCUT2D eigenvalue weighted by molar-refractivity contribution is -0.133. The minimum absolute atomic E-state index is 0.440. The van der Waals surface area contributed by atoms with E-state index in [0.717, 1.165) is 10.5 Å². The lowest BCUT2D eigenvalue weighted by atomic mass is 9.91. The molecule has 11 nitrogen and oxygen atoms in total. The fraction of sp³-hybridized carbons (Fsp3) is 0.238. The lowest BCUT2D eigenvalue weighted by Crippen LogP contribution is -2.42. The third kappa shape index (κ3) is 3.75. The van der Waals surface area contributed by atoms with Crippen LogP contribution in [0.5, 0.6) is 5.75 Å². The van der Waals surface area contributed by atoms with Crippen molar-refractivity contribution < 1.29 is 19.1 Å². The number of hydrogen-bond donors (Lipinski definition) is 2. The molecule has 11 heteroatoms. The van der Waals surface area contributed by atoms with E-state index in [-0.39, 0.29) is 0 Å². The van der Waals surface area contributed by atoms with Gasteiger partial charge in [0.25, 0.3) is 5.91 Å². The second-order valence-electron chi connectivity index (χ2n) is 7.50. The molecule has 164 valence electrons. The number of rotatable bonds is 6. The number of carbonyl (C=O) groups excluding carboxylic acids is 3. The maximum Gasteiger partial charge on any atom is 0.325 e. The highest BCUT2D eigenvalue weighted by molar-refractivity contribution is 6.10. The minimum atomic E-state index is -1.34. The van der Waals surface area contributed by atoms with Crippen molar-refractivity contribution in [2.45, 2.75) is 19.4 Å². The SMILES string of the molecule is COc1ccc(C)cc1NC(=O)CN1C(=O)NC(C)(c2cccc(-n3cnnn3)c2)C1=O. The molecule has 1 aliphatic heterocycles. The predicted molar refractivity (Wildman–Crippen MR) is 113 cm³/mol. The fourth-order valence-corrected chi connectivity index (χ4v) is 3.53. The maximum absolute atomic E-state index is 13.2. The largest absolute Gasteiger partial charge is 0.495 e. The Hall–Kier alpha value is -4.28. The van der Waals surface area contributed by atoms with Crippen LogP contribution in [0.25, 0.3) is 5.69 Å². The van der Waals surface area contributed by atoms with Crippen LogP contribution >= 0.6 is 0 Å². The van der Waals surface area contributed by atoms with E-state index < -0.39 is 29.9 Å². The Morgan fingerprint density at radius 2 is 2.03 bits per heavy atom. The Balaban J connectivity index is 1.54. The molecule has 0 bridgehead atoms. The summed E-state index contributed by atoms with van der Waals surface area (Å²) in [5.41, 5.74) is 1.20. The summed E-state index contributed by atoms with van der Waals surface area (Å²) in [4.78, 5) is 39.3. The predicted octanol–water partition coefficient (Wildman–Crippen LogP) is 1.39. The number of benzene rings is 2. The highest BCUT2D eigenvalue weighted by Gasteiger charge is 2.49. The molecule has 3 aromatic rings. The van der Waals surface area contributed by atoms with Crippen molar-refractivity contribution in [2.75, 3.05) is 19.0 Å². The Bertz CT molecular complexity index is 1190. The lowest BCUT2D eigenvalue weighted by Gasteiger charge is -2.22. The van der Waals surface area contributed by atoms with Crippen molar-refractivity contribution in [1.82, 2.24) is 30.4 Å². The first-order valence-electron chi connectivity index (χ1n) is 9.74. The number of aromatic nitrogens is 4. The van der Waals surface area contributed by atoms with Crippen LogP contribution in [0.15, 0.2) is 48.8 Å². The van der Waals surface area contributed by atoms with Gasteiger partial charge in [-0.3, -0.25) is 14.5 Å². The zero-order chi connectivity index (χ0) is 22.9. The zero-order valence-electron chi connectivity index (χ0n) is 17.7. The van der Waals surface area contributed by atoms with Gasteiger partial charge in [-0.15, -0.1) is 5.10 Å². The number of methoxy groups -OCH3 is 1. The molecule has 0 spiro atoms. The smallest absolute Gasteiger partial charge is 0.325 e. The molecule has 0 radical (unpaired) electrons. The molecule has 1 unspecified atom stereocenters. The van der Waals surface area contributed by atoms with Crippen LogP contribution in [0.1, 0.15) is 18.1 Å². The third-order valence-electron chi connectivity index (χ3n) is 5.24. The number of nitrogens with one attached hydrogen (secondary N) is 2. The molecule has 0 saturated carbocycles. The van der Waals surface area contributed by atoms with Gasteiger partial charge in [0, 0.05) is 0 Å². The van der Waals surface area contributed by atoms with E-state index in [4.69, 9.17) is 4.74 Å². The van der Waals surface area contributed by atoms with E-state index in [1.165, 1.54) is 18.1 Å². The van der Waals surface area contributed by atoms with Gasteiger partial charge in [0.1, 0.15) is 24.2 Å². The van der Waals surface area contributed by atoms with Gasteiger partial charge in [0.15, 0.2) is 0 Å². The fourth-order valence-electron chi connectivity index (χ4n) is 3.53. The van der Waals surface area contributed by atoms with E-state index >= 15 is 0 Å². The van der Waals surface area contributed by atoms with Gasteiger partial charge in [-0.25, -0.2) is 9.48 Å². The first-order valence-corrected chi connectivity index (χ1v) is 9.74. The van der Waals surface area contributed by atoms with Gasteiger partial charge in [-0.2, -0.15) is 0 Å². The van der Waals surface area contributed by atoms with Crippen molar-refractivity contribution in [3.63, 3.8) is 0 Å². The number of hydrogen-bond acceptors (Lipinski definition) is 7. The highest BCUT2D eigenvalue weighted by Crippen LogP contribution is 2.30. The van der Waals surface area contributed by atoms with Crippen molar-refractivity contribution in [3.8, 4) is 11.4 Å². The second kappa shape index (κ2) is 8.10. The van der Waals surface area contributed by atoms with Crippen LogP contribution in [0.3, 0.4) is 0 Å². The summed E-state index contributed by atoms with van der Waals surface area (Å²) in [6, 6.07) is 11.6. The standard InChI is InChI=1S/C21H21N7O4/c1-13-7-8-17(32-3)16(9-13)23-18(29)11-27-19(30)21(2,24-20(27)31)14-5-4-6-15(10-14)28-12-22-25-26-28/h4-10,12H,11H2,1-3H3,(H,23,29)(H,24,31). The van der Waals surface area contributed by atoms with Crippen molar-refractivity contribution >= 4 is 23.5 Å². The average Bonchev–Trinajstić information content (AvgIpc) is 3.38. The molecule has 2 heterocycles. The van der Waals surface area contributed by atoms with Crippen LogP contribution in [0.4, 0.5) is 10.5 Å². The number of amides is 4. The molecule has 32 heavy (non-hydrogen) atoms. The molecular weight excluding hydrogens is 414 g/mol. The normalized spacial score (nSPS) is 17.9. The molecule has 2 aromatic carbocycles. The Kier molecular flexibility index (Phi) is 5.31. The molecule has 1 aliphatic rings. The number of aryl methyl sites for hydroxylation is 1. The molecule has 1 atom stereocenters. The van der Waals surface area contributed by atoms with E-state index in [0.29, 0.717) is 22.7 Å². The summed E-state index contributed by atoms with van der Waals surface area (Å²) in [6.45, 7) is 3.03. The zero-order valence-corrected chi connectivity index (χ0v) is 17.7. The molecule has 2 N–H and O–H groups in total. The number of nitrogens with zero attached hydrogens (tertiary/aromatic N) is 5. The summed E-state index contributed by atoms with van der Waals surface area (Å²) in [5, 5.41) is 16.4. The quantitative estimate of drug-likeness (QED) is 0.559. The van der Waals surface area contributed by atoms with Crippen LogP contribution in [0.2, 0.25) is 0 Å². The number of imide groups is 1. The van der Waals surface area contributed by atoms with Crippen molar-refractivity contribution in [3.05, 3.63) is 59.9 Å². The topological polar surface area (TPSA) is 131 Å². The highest BCUT2D eigenvalue weighted by atomic mass is 16.5. The molecule has 4 rings (SSSR count). The number of ether oxygens (including phenoxy) is 1. The molecular formula is C21H21N7O4. The summed E-state index contributed by atoms with van der Waals surface area (Å²) < 4.78 is 6.69. The molecule has 1 aromatic heterocycles. The molecule has 1 fully saturated rings. The molecule has 1 saturated heterocycles. The second-order valence-corrected chi connectivity index (χ2v) is 7.50. The van der Waals surface area contributed by atoms with Crippen molar-refractivity contribution in [2.24, 2.45) is 0 Å². The van der Waals surface area contributed by atoms with Crippen LogP contribution in [0, 0.1) is 6.92 Å². The number of anilines is 1. The van der Waals surface area contributed by atoms with E-state index in [9.17, 15) is 14.4 Å². The first-order chi connectivity index (χ1) is 15.3. The molecule has 0 aliphatic carbocycles. The van der Waals surface area contributed by atoms with Gasteiger partial charge in [-0.1, -0.05) is 18.2 Å². The Labute approximate surface area is 183 Å². The van der Waals surface area contributed by atoms with E-state index in [1.807, 2.05) is 13.0 Å². The maximum atomic E-state index is 13.2. The summed E-state index contributed by atoms with van der Waals surface area (Å²) in [7, 11) is 1.49. The summed E-state index contributed by atoms with van der Waals surface area (Å²) in [5.74, 6) is -0.586. The summed E-state index contributed by atoms with van der Waals surface area (Å²) >= 11 is 0. The van der Waals surface area contributed by atoms with Crippen LogP contribution in [-0.4, -0.2) is 56.6 Å². The van der Waals surface area contributed by atoms with Gasteiger partial charge >= 0.3 is 6.03 Å². The van der Waals surface area contributed by atoms with Crippen LogP contribution in [-0.2, 0) is 15.1 Å². The van der Waals surface area contributed by atoms with Gasteiger partial charge in [0.2, 0.25) is 5.91 Å². The van der Waals surface area contributed by atoms with Crippen LogP contribution < -0.4 is 15.4 Å². The minimum Gasteiger partial charge on any atom is -0.495 e. The van der Waals surface area contributed by atoms with E-state index in [2.05, 4.69) is 26.2 Å². The monoisotopic (exact) mass is 435 g/mol. The Morgan fingerprint density at radius 1 is 1.22 bits per heavy atom. The van der Waals surface area contributed by atoms with E-state index in [1.54, 1.807) is 43.3 Å². The Morgan fingerprint density at radius 3 is 2.75 bits per heavy atom.